The minimum Gasteiger partial charge on any atom is -0.353 e. The Morgan fingerprint density at radius 3 is 2.71 bits per heavy atom. The van der Waals surface area contributed by atoms with E-state index in [2.05, 4.69) is 53.7 Å². The molecule has 0 amide bonds. The smallest absolute Gasteiger partial charge is 0.234 e. The minimum atomic E-state index is 0.485. The van der Waals surface area contributed by atoms with Crippen molar-refractivity contribution in [2.75, 3.05) is 37.8 Å². The van der Waals surface area contributed by atoms with Gasteiger partial charge in [0, 0.05) is 24.2 Å². The fourth-order valence-corrected chi connectivity index (χ4v) is 4.54. The van der Waals surface area contributed by atoms with E-state index in [0.717, 1.165) is 36.0 Å². The average molecular weight is 452 g/mol. The van der Waals surface area contributed by atoms with Crippen LogP contribution < -0.4 is 10.6 Å². The number of likely N-dealkylation sites (N-methyl/N-ethyl adjacent to an activating group) is 1. The molecule has 2 N–H and O–H groups in total. The first-order valence-corrected chi connectivity index (χ1v) is 11.8. The first kappa shape index (κ1) is 21.5. The van der Waals surface area contributed by atoms with E-state index < -0.39 is 0 Å². The molecule has 0 radical (unpaired) electrons. The van der Waals surface area contributed by atoms with Gasteiger partial charge in [-0.15, -0.1) is 0 Å². The number of aromatic nitrogens is 4. The topological polar surface area (TPSA) is 78.9 Å². The van der Waals surface area contributed by atoms with Gasteiger partial charge in [-0.25, -0.2) is 4.98 Å². The zero-order valence-corrected chi connectivity index (χ0v) is 19.2. The molecule has 0 saturated heterocycles. The Labute approximate surface area is 190 Å². The summed E-state index contributed by atoms with van der Waals surface area (Å²) in [6.45, 7) is 1.63. The normalized spacial score (nSPS) is 13.3. The Hall–Kier alpha value is -2.75. The maximum absolute atomic E-state index is 4.61. The molecule has 0 aliphatic heterocycles. The molecular formula is C22H25N7S2. The molecule has 1 aromatic carbocycles. The molecule has 1 aliphatic rings. The highest BCUT2D eigenvalue weighted by atomic mass is 32.2. The van der Waals surface area contributed by atoms with Crippen LogP contribution in [0.3, 0.4) is 0 Å². The molecule has 160 valence electrons. The summed E-state index contributed by atoms with van der Waals surface area (Å²) in [6.07, 6.45) is 10.5. The van der Waals surface area contributed by atoms with E-state index in [1.165, 1.54) is 22.2 Å². The highest BCUT2D eigenvalue weighted by Crippen LogP contribution is 2.32. The number of anilines is 3. The highest BCUT2D eigenvalue weighted by molar-refractivity contribution is 7.99. The molecule has 0 saturated carbocycles. The fourth-order valence-electron chi connectivity index (χ4n) is 2.91. The van der Waals surface area contributed by atoms with E-state index in [4.69, 9.17) is 0 Å². The monoisotopic (exact) mass is 451 g/mol. The average Bonchev–Trinajstić information content (AvgIpc) is 3.23. The van der Waals surface area contributed by atoms with Crippen LogP contribution in [0.15, 0.2) is 64.8 Å². The van der Waals surface area contributed by atoms with Gasteiger partial charge in [0.2, 0.25) is 11.9 Å². The fraction of sp³-hybridized carbons (Fsp3) is 0.273. The van der Waals surface area contributed by atoms with Gasteiger partial charge in [0.1, 0.15) is 0 Å². The molecule has 3 aromatic rings. The molecule has 1 aliphatic carbocycles. The third-order valence-corrected chi connectivity index (χ3v) is 6.33. The van der Waals surface area contributed by atoms with Crippen molar-refractivity contribution in [3.63, 3.8) is 0 Å². The second-order valence-electron chi connectivity index (χ2n) is 7.22. The van der Waals surface area contributed by atoms with E-state index in [1.807, 2.05) is 50.6 Å². The number of nitrogens with one attached hydrogen (secondary N) is 2. The summed E-state index contributed by atoms with van der Waals surface area (Å²) < 4.78 is 0. The van der Waals surface area contributed by atoms with Crippen molar-refractivity contribution >= 4 is 45.7 Å². The summed E-state index contributed by atoms with van der Waals surface area (Å²) in [7, 11) is 4.08. The van der Waals surface area contributed by atoms with Crippen LogP contribution in [0.1, 0.15) is 17.7 Å². The predicted molar refractivity (Wildman–Crippen MR) is 129 cm³/mol. The Morgan fingerprint density at radius 2 is 1.94 bits per heavy atom. The molecular weight excluding hydrogens is 426 g/mol. The maximum Gasteiger partial charge on any atom is 0.234 e. The maximum atomic E-state index is 4.61. The van der Waals surface area contributed by atoms with Gasteiger partial charge in [-0.3, -0.25) is 5.32 Å². The Kier molecular flexibility index (Phi) is 7.29. The van der Waals surface area contributed by atoms with E-state index in [1.54, 1.807) is 11.3 Å². The second kappa shape index (κ2) is 10.5. The van der Waals surface area contributed by atoms with Crippen molar-refractivity contribution in [1.82, 2.24) is 24.8 Å². The van der Waals surface area contributed by atoms with E-state index >= 15 is 0 Å². The quantitative estimate of drug-likeness (QED) is 0.474. The summed E-state index contributed by atoms with van der Waals surface area (Å²) in [5.74, 6) is 1.04. The van der Waals surface area contributed by atoms with Gasteiger partial charge in [-0.2, -0.15) is 15.0 Å². The third kappa shape index (κ3) is 6.36. The zero-order chi connectivity index (χ0) is 21.5. The lowest BCUT2D eigenvalue weighted by Crippen LogP contribution is -2.21. The Balaban J connectivity index is 1.53. The minimum absolute atomic E-state index is 0.485. The largest absolute Gasteiger partial charge is 0.353 e. The summed E-state index contributed by atoms with van der Waals surface area (Å²) >= 11 is 3.12. The van der Waals surface area contributed by atoms with Crippen molar-refractivity contribution in [3.8, 4) is 0 Å². The lowest BCUT2D eigenvalue weighted by Gasteiger charge is -2.12. The molecule has 9 heteroatoms. The van der Waals surface area contributed by atoms with Crippen molar-refractivity contribution in [2.24, 2.45) is 0 Å². The van der Waals surface area contributed by atoms with Crippen LogP contribution in [-0.2, 0) is 0 Å². The van der Waals surface area contributed by atoms with Gasteiger partial charge < -0.3 is 10.2 Å². The van der Waals surface area contributed by atoms with E-state index in [9.17, 15) is 0 Å². The third-order valence-electron chi connectivity index (χ3n) is 4.46. The van der Waals surface area contributed by atoms with Gasteiger partial charge in [0.15, 0.2) is 10.3 Å². The van der Waals surface area contributed by atoms with Crippen LogP contribution in [0.5, 0.6) is 0 Å². The first-order valence-electron chi connectivity index (χ1n) is 10.1. The number of hydrogen-bond acceptors (Lipinski definition) is 9. The van der Waals surface area contributed by atoms with Crippen molar-refractivity contribution < 1.29 is 0 Å². The Morgan fingerprint density at radius 1 is 1.10 bits per heavy atom. The SMILES string of the molecule is CN(C)CCNc1nc(Nc2ncc(C3=CC=CCC3)s2)nc(Sc2ccccc2)n1. The predicted octanol–water partition coefficient (Wildman–Crippen LogP) is 4.93. The van der Waals surface area contributed by atoms with Gasteiger partial charge in [-0.05, 0) is 56.4 Å². The number of allylic oxidation sites excluding steroid dienone is 4. The molecule has 4 rings (SSSR count). The summed E-state index contributed by atoms with van der Waals surface area (Å²) in [5.41, 5.74) is 1.31. The standard InChI is InChI=1S/C22H25N7S2/c1-29(2)14-13-23-19-25-20(28-22(26-19)30-17-11-7-4-8-12-17)27-21-24-15-18(31-21)16-9-5-3-6-10-16/h3-5,7-9,11-12,15H,6,10,13-14H2,1-2H3,(H2,23,24,25,26,27,28). The van der Waals surface area contributed by atoms with Crippen molar-refractivity contribution in [3.05, 3.63) is 59.6 Å². The van der Waals surface area contributed by atoms with Crippen LogP contribution in [0.2, 0.25) is 0 Å². The van der Waals surface area contributed by atoms with Crippen molar-refractivity contribution in [1.29, 1.82) is 0 Å². The molecule has 31 heavy (non-hydrogen) atoms. The van der Waals surface area contributed by atoms with Gasteiger partial charge in [-0.1, -0.05) is 47.8 Å². The van der Waals surface area contributed by atoms with Gasteiger partial charge in [0.25, 0.3) is 0 Å². The number of rotatable bonds is 9. The van der Waals surface area contributed by atoms with Crippen LogP contribution in [-0.4, -0.2) is 52.0 Å². The van der Waals surface area contributed by atoms with Crippen LogP contribution >= 0.6 is 23.1 Å². The lowest BCUT2D eigenvalue weighted by molar-refractivity contribution is 0.425. The molecule has 0 spiro atoms. The Bertz CT molecular complexity index is 1060. The summed E-state index contributed by atoms with van der Waals surface area (Å²) in [6, 6.07) is 10.1. The number of thiazole rings is 1. The molecule has 0 fully saturated rings. The summed E-state index contributed by atoms with van der Waals surface area (Å²) in [4.78, 5) is 22.6. The number of nitrogens with zero attached hydrogens (tertiary/aromatic N) is 5. The molecule has 7 nitrogen and oxygen atoms in total. The number of hydrogen-bond donors (Lipinski definition) is 2. The molecule has 0 bridgehead atoms. The van der Waals surface area contributed by atoms with Crippen LogP contribution in [0.4, 0.5) is 17.0 Å². The zero-order valence-electron chi connectivity index (χ0n) is 17.6. The second-order valence-corrected chi connectivity index (χ2v) is 9.30. The van der Waals surface area contributed by atoms with Gasteiger partial charge in [0.05, 0.1) is 4.88 Å². The van der Waals surface area contributed by atoms with Crippen LogP contribution in [0.25, 0.3) is 5.57 Å². The van der Waals surface area contributed by atoms with E-state index in [-0.39, 0.29) is 0 Å². The molecule has 0 unspecified atom stereocenters. The van der Waals surface area contributed by atoms with Crippen molar-refractivity contribution in [2.45, 2.75) is 22.9 Å². The first-order chi connectivity index (χ1) is 15.2. The highest BCUT2D eigenvalue weighted by Gasteiger charge is 2.12. The van der Waals surface area contributed by atoms with Crippen LogP contribution in [0, 0.1) is 0 Å². The van der Waals surface area contributed by atoms with Gasteiger partial charge >= 0.3 is 0 Å². The molecule has 2 heterocycles. The lowest BCUT2D eigenvalue weighted by atomic mass is 10.0. The number of benzene rings is 1. The van der Waals surface area contributed by atoms with E-state index in [0.29, 0.717) is 17.1 Å². The molecule has 0 atom stereocenters. The molecule has 2 aromatic heterocycles. The summed E-state index contributed by atoms with van der Waals surface area (Å²) in [5, 5.41) is 7.96.